The number of hydrogen-bond donors (Lipinski definition) is 0. The molecule has 1 aliphatic heterocycles. The number of carbonyl (C=O) groups excluding carboxylic acids is 1. The molecule has 0 amide bonds. The van der Waals surface area contributed by atoms with E-state index in [-0.39, 0.29) is 5.41 Å². The summed E-state index contributed by atoms with van der Waals surface area (Å²) >= 11 is 0. The highest BCUT2D eigenvalue weighted by Gasteiger charge is 2.33. The van der Waals surface area contributed by atoms with Gasteiger partial charge in [-0.2, -0.15) is 0 Å². The van der Waals surface area contributed by atoms with Crippen LogP contribution in [0.25, 0.3) is 0 Å². The lowest BCUT2D eigenvalue weighted by molar-refractivity contribution is -0.126. The number of nitrogens with zero attached hydrogens (tertiary/aromatic N) is 1. The minimum atomic E-state index is -0.183. The van der Waals surface area contributed by atoms with E-state index in [9.17, 15) is 4.79 Å². The number of ketones is 1. The van der Waals surface area contributed by atoms with Crippen molar-refractivity contribution in [3.05, 3.63) is 0 Å². The third-order valence-corrected chi connectivity index (χ3v) is 3.74. The molecule has 2 heteroatoms. The Morgan fingerprint density at radius 3 is 2.53 bits per heavy atom. The Morgan fingerprint density at radius 1 is 1.47 bits per heavy atom. The maximum atomic E-state index is 11.5. The number of rotatable bonds is 4. The average molecular weight is 211 g/mol. The molecule has 1 saturated heterocycles. The van der Waals surface area contributed by atoms with Crippen molar-refractivity contribution in [1.29, 1.82) is 0 Å². The Labute approximate surface area is 94.0 Å². The summed E-state index contributed by atoms with van der Waals surface area (Å²) < 4.78 is 0. The summed E-state index contributed by atoms with van der Waals surface area (Å²) in [7, 11) is 0. The molecule has 0 aromatic rings. The predicted molar refractivity (Wildman–Crippen MR) is 63.9 cm³/mol. The Kier molecular flexibility index (Phi) is 3.93. The largest absolute Gasteiger partial charge is 0.299 e. The maximum absolute atomic E-state index is 11.5. The zero-order chi connectivity index (χ0) is 11.6. The Morgan fingerprint density at radius 2 is 2.07 bits per heavy atom. The van der Waals surface area contributed by atoms with Gasteiger partial charge in [-0.1, -0.05) is 27.7 Å². The quantitative estimate of drug-likeness (QED) is 0.712. The fourth-order valence-electron chi connectivity index (χ4n) is 2.42. The van der Waals surface area contributed by atoms with Crippen LogP contribution in [0.4, 0.5) is 0 Å². The molecule has 15 heavy (non-hydrogen) atoms. The minimum Gasteiger partial charge on any atom is -0.299 e. The van der Waals surface area contributed by atoms with Gasteiger partial charge >= 0.3 is 0 Å². The Balaban J connectivity index is 2.61. The highest BCUT2D eigenvalue weighted by molar-refractivity contribution is 5.81. The molecule has 1 fully saturated rings. The molecule has 0 spiro atoms. The lowest BCUT2D eigenvalue weighted by atomic mass is 9.87. The monoisotopic (exact) mass is 211 g/mol. The zero-order valence-corrected chi connectivity index (χ0v) is 10.8. The second kappa shape index (κ2) is 4.65. The van der Waals surface area contributed by atoms with Crippen LogP contribution in [0.15, 0.2) is 0 Å². The van der Waals surface area contributed by atoms with Crippen LogP contribution in [-0.4, -0.2) is 29.8 Å². The average Bonchev–Trinajstić information content (AvgIpc) is 2.51. The van der Waals surface area contributed by atoms with Gasteiger partial charge < -0.3 is 0 Å². The molecule has 0 N–H and O–H groups in total. The van der Waals surface area contributed by atoms with Crippen LogP contribution in [-0.2, 0) is 4.79 Å². The second-order valence-electron chi connectivity index (χ2n) is 5.86. The van der Waals surface area contributed by atoms with Crippen LogP contribution in [0.2, 0.25) is 0 Å². The SMILES string of the molecule is CC(=O)C(C)(C)CN1CCCC1C(C)C. The van der Waals surface area contributed by atoms with E-state index in [0.29, 0.717) is 17.7 Å². The number of hydrogen-bond acceptors (Lipinski definition) is 2. The van der Waals surface area contributed by atoms with E-state index in [1.54, 1.807) is 6.92 Å². The molecule has 0 bridgehead atoms. The van der Waals surface area contributed by atoms with Crippen molar-refractivity contribution in [2.75, 3.05) is 13.1 Å². The van der Waals surface area contributed by atoms with E-state index in [0.717, 1.165) is 6.54 Å². The topological polar surface area (TPSA) is 20.3 Å². The van der Waals surface area contributed by atoms with Gasteiger partial charge in [-0.3, -0.25) is 9.69 Å². The van der Waals surface area contributed by atoms with E-state index in [4.69, 9.17) is 0 Å². The van der Waals surface area contributed by atoms with Gasteiger partial charge in [0.25, 0.3) is 0 Å². The third-order valence-electron chi connectivity index (χ3n) is 3.74. The summed E-state index contributed by atoms with van der Waals surface area (Å²) in [6, 6.07) is 0.684. The van der Waals surface area contributed by atoms with E-state index in [1.807, 2.05) is 0 Å². The van der Waals surface area contributed by atoms with Crippen molar-refractivity contribution in [2.24, 2.45) is 11.3 Å². The van der Waals surface area contributed by atoms with Crippen LogP contribution in [0, 0.1) is 11.3 Å². The smallest absolute Gasteiger partial charge is 0.136 e. The fourth-order valence-corrected chi connectivity index (χ4v) is 2.42. The van der Waals surface area contributed by atoms with E-state index >= 15 is 0 Å². The molecule has 0 saturated carbocycles. The van der Waals surface area contributed by atoms with Gasteiger partial charge in [0.05, 0.1) is 0 Å². The fraction of sp³-hybridized carbons (Fsp3) is 0.923. The molecule has 0 aromatic heterocycles. The van der Waals surface area contributed by atoms with Crippen LogP contribution >= 0.6 is 0 Å². The van der Waals surface area contributed by atoms with Crippen LogP contribution in [0.1, 0.15) is 47.5 Å². The first-order valence-corrected chi connectivity index (χ1v) is 6.09. The first kappa shape index (κ1) is 12.7. The van der Waals surface area contributed by atoms with Gasteiger partial charge in [0.1, 0.15) is 5.78 Å². The number of likely N-dealkylation sites (tertiary alicyclic amines) is 1. The minimum absolute atomic E-state index is 0.183. The van der Waals surface area contributed by atoms with Crippen molar-refractivity contribution in [3.8, 4) is 0 Å². The molecule has 1 aliphatic rings. The molecule has 2 nitrogen and oxygen atoms in total. The summed E-state index contributed by atoms with van der Waals surface area (Å²) in [5, 5.41) is 0. The van der Waals surface area contributed by atoms with Crippen molar-refractivity contribution in [3.63, 3.8) is 0 Å². The second-order valence-corrected chi connectivity index (χ2v) is 5.86. The summed E-state index contributed by atoms with van der Waals surface area (Å²) in [5.41, 5.74) is -0.183. The van der Waals surface area contributed by atoms with Gasteiger partial charge in [0.15, 0.2) is 0 Å². The first-order valence-electron chi connectivity index (χ1n) is 6.09. The number of carbonyl (C=O) groups is 1. The molecule has 88 valence electrons. The van der Waals surface area contributed by atoms with E-state index in [1.165, 1.54) is 19.4 Å². The van der Waals surface area contributed by atoms with Crippen molar-refractivity contribution in [2.45, 2.75) is 53.5 Å². The van der Waals surface area contributed by atoms with Crippen LogP contribution in [0.5, 0.6) is 0 Å². The highest BCUT2D eigenvalue weighted by Crippen LogP contribution is 2.28. The van der Waals surface area contributed by atoms with Gasteiger partial charge in [-0.05, 0) is 32.2 Å². The molecule has 1 heterocycles. The summed E-state index contributed by atoms with van der Waals surface area (Å²) in [5.74, 6) is 1.01. The van der Waals surface area contributed by atoms with Crippen molar-refractivity contribution in [1.82, 2.24) is 4.90 Å². The van der Waals surface area contributed by atoms with Gasteiger partial charge in [0, 0.05) is 18.0 Å². The predicted octanol–water partition coefficient (Wildman–Crippen LogP) is 2.72. The lowest BCUT2D eigenvalue weighted by Crippen LogP contribution is -2.42. The molecular formula is C13H25NO. The molecule has 0 radical (unpaired) electrons. The Hall–Kier alpha value is -0.370. The lowest BCUT2D eigenvalue weighted by Gasteiger charge is -2.33. The van der Waals surface area contributed by atoms with Gasteiger partial charge in [0.2, 0.25) is 0 Å². The summed E-state index contributed by atoms with van der Waals surface area (Å²) in [6.07, 6.45) is 2.59. The van der Waals surface area contributed by atoms with E-state index < -0.39 is 0 Å². The Bertz CT molecular complexity index is 233. The summed E-state index contributed by atoms with van der Waals surface area (Å²) in [6.45, 7) is 12.5. The highest BCUT2D eigenvalue weighted by atomic mass is 16.1. The van der Waals surface area contributed by atoms with E-state index in [2.05, 4.69) is 32.6 Å². The van der Waals surface area contributed by atoms with Crippen LogP contribution in [0.3, 0.4) is 0 Å². The van der Waals surface area contributed by atoms with Gasteiger partial charge in [-0.15, -0.1) is 0 Å². The third kappa shape index (κ3) is 3.04. The summed E-state index contributed by atoms with van der Waals surface area (Å²) in [4.78, 5) is 14.0. The zero-order valence-electron chi connectivity index (χ0n) is 10.8. The molecule has 1 rings (SSSR count). The van der Waals surface area contributed by atoms with Crippen molar-refractivity contribution < 1.29 is 4.79 Å². The molecule has 0 aromatic carbocycles. The van der Waals surface area contributed by atoms with Crippen LogP contribution < -0.4 is 0 Å². The molecule has 1 unspecified atom stereocenters. The molecular weight excluding hydrogens is 186 g/mol. The number of Topliss-reactive ketones (excluding diaryl/α,β-unsaturated/α-hetero) is 1. The van der Waals surface area contributed by atoms with Gasteiger partial charge in [-0.25, -0.2) is 0 Å². The molecule has 0 aliphatic carbocycles. The van der Waals surface area contributed by atoms with Crippen molar-refractivity contribution >= 4 is 5.78 Å². The maximum Gasteiger partial charge on any atom is 0.136 e. The normalized spacial score (nSPS) is 23.7. The standard InChI is InChI=1S/C13H25NO/c1-10(2)12-7-6-8-14(12)9-13(4,5)11(3)15/h10,12H,6-9H2,1-5H3. The first-order chi connectivity index (χ1) is 6.84. The molecule has 1 atom stereocenters.